The highest BCUT2D eigenvalue weighted by molar-refractivity contribution is 5.92. The lowest BCUT2D eigenvalue weighted by Crippen LogP contribution is -2.49. The van der Waals surface area contributed by atoms with Gasteiger partial charge in [-0.25, -0.2) is 9.67 Å². The zero-order valence-electron chi connectivity index (χ0n) is 13.2. The number of nitrogens with zero attached hydrogens (tertiary/aromatic N) is 7. The summed E-state index contributed by atoms with van der Waals surface area (Å²) >= 11 is 0. The Hall–Kier alpha value is -3.43. The van der Waals surface area contributed by atoms with Crippen LogP contribution in [0, 0.1) is 0 Å². The van der Waals surface area contributed by atoms with Crippen LogP contribution in [0.5, 0.6) is 0 Å². The molecule has 0 saturated carbocycles. The van der Waals surface area contributed by atoms with Gasteiger partial charge >= 0.3 is 0 Å². The molecule has 10 nitrogen and oxygen atoms in total. The summed E-state index contributed by atoms with van der Waals surface area (Å²) in [6.45, 7) is 0.900. The first-order chi connectivity index (χ1) is 12.1. The first-order valence-corrected chi connectivity index (χ1v) is 7.55. The molecule has 4 heterocycles. The third-order valence-electron chi connectivity index (χ3n) is 3.93. The number of carbonyl (C=O) groups excluding carboxylic acids is 1. The van der Waals surface area contributed by atoms with Crippen molar-refractivity contribution in [2.45, 2.75) is 5.92 Å². The molecule has 1 fully saturated rings. The van der Waals surface area contributed by atoms with Gasteiger partial charge in [0.15, 0.2) is 0 Å². The normalized spacial score (nSPS) is 14.4. The van der Waals surface area contributed by atoms with Crippen LogP contribution < -0.4 is 5.56 Å². The summed E-state index contributed by atoms with van der Waals surface area (Å²) in [5, 5.41) is 7.86. The van der Waals surface area contributed by atoms with Gasteiger partial charge in [0, 0.05) is 38.6 Å². The first-order valence-electron chi connectivity index (χ1n) is 7.55. The smallest absolute Gasteiger partial charge is 0.274 e. The SMILES string of the molecule is Cn1nc(C(=O)N2CC(c3nc(-c4cnccn4)no3)C2)ccc1=O. The van der Waals surface area contributed by atoms with Crippen LogP contribution in [0.2, 0.25) is 0 Å². The maximum atomic E-state index is 12.4. The fourth-order valence-corrected chi connectivity index (χ4v) is 2.50. The second-order valence-electron chi connectivity index (χ2n) is 5.63. The molecule has 0 radical (unpaired) electrons. The summed E-state index contributed by atoms with van der Waals surface area (Å²) in [4.78, 5) is 37.7. The summed E-state index contributed by atoms with van der Waals surface area (Å²) in [5.74, 6) is 0.556. The second-order valence-corrected chi connectivity index (χ2v) is 5.63. The zero-order chi connectivity index (χ0) is 17.4. The highest BCUT2D eigenvalue weighted by atomic mass is 16.5. The predicted molar refractivity (Wildman–Crippen MR) is 83.4 cm³/mol. The van der Waals surface area contributed by atoms with Crippen molar-refractivity contribution >= 4 is 5.91 Å². The molecule has 3 aromatic rings. The van der Waals surface area contributed by atoms with Crippen molar-refractivity contribution in [2.24, 2.45) is 7.05 Å². The van der Waals surface area contributed by atoms with E-state index < -0.39 is 0 Å². The van der Waals surface area contributed by atoms with E-state index in [-0.39, 0.29) is 23.1 Å². The molecule has 4 rings (SSSR count). The van der Waals surface area contributed by atoms with Gasteiger partial charge in [0.05, 0.1) is 12.1 Å². The quantitative estimate of drug-likeness (QED) is 0.646. The Kier molecular flexibility index (Phi) is 3.56. The van der Waals surface area contributed by atoms with Crippen molar-refractivity contribution in [2.75, 3.05) is 13.1 Å². The van der Waals surface area contributed by atoms with Gasteiger partial charge in [-0.3, -0.25) is 14.6 Å². The lowest BCUT2D eigenvalue weighted by atomic mass is 9.99. The lowest BCUT2D eigenvalue weighted by molar-refractivity contribution is 0.0560. The van der Waals surface area contributed by atoms with Crippen LogP contribution in [0.1, 0.15) is 22.3 Å². The maximum Gasteiger partial charge on any atom is 0.274 e. The largest absolute Gasteiger partial charge is 0.338 e. The van der Waals surface area contributed by atoms with Gasteiger partial charge in [0.1, 0.15) is 11.4 Å². The Balaban J connectivity index is 1.43. The van der Waals surface area contributed by atoms with Gasteiger partial charge in [0.25, 0.3) is 11.5 Å². The Morgan fingerprint density at radius 2 is 2.12 bits per heavy atom. The average Bonchev–Trinajstić information content (AvgIpc) is 3.06. The van der Waals surface area contributed by atoms with E-state index in [2.05, 4.69) is 25.2 Å². The minimum atomic E-state index is -0.263. The highest BCUT2D eigenvalue weighted by Gasteiger charge is 2.36. The average molecular weight is 339 g/mol. The monoisotopic (exact) mass is 339 g/mol. The molecule has 3 aromatic heterocycles. The number of carbonyl (C=O) groups is 1. The van der Waals surface area contributed by atoms with Crippen LogP contribution in [-0.4, -0.2) is 53.8 Å². The molecule has 126 valence electrons. The summed E-state index contributed by atoms with van der Waals surface area (Å²) in [7, 11) is 1.50. The topological polar surface area (TPSA) is 120 Å². The minimum absolute atomic E-state index is 0.0330. The number of hydrogen-bond acceptors (Lipinski definition) is 8. The molecule has 0 atom stereocenters. The van der Waals surface area contributed by atoms with Gasteiger partial charge in [0.2, 0.25) is 11.7 Å². The van der Waals surface area contributed by atoms with E-state index in [9.17, 15) is 9.59 Å². The van der Waals surface area contributed by atoms with Crippen molar-refractivity contribution in [3.63, 3.8) is 0 Å². The number of hydrogen-bond donors (Lipinski definition) is 0. The standard InChI is InChI=1S/C15H13N7O3/c1-21-12(23)3-2-10(19-21)15(24)22-7-9(8-22)14-18-13(20-25-14)11-6-16-4-5-17-11/h2-6,9H,7-8H2,1H3. The summed E-state index contributed by atoms with van der Waals surface area (Å²) < 4.78 is 6.40. The molecule has 1 aliphatic heterocycles. The van der Waals surface area contributed by atoms with E-state index in [1.54, 1.807) is 23.5 Å². The van der Waals surface area contributed by atoms with Gasteiger partial charge in [-0.05, 0) is 6.07 Å². The molecule has 1 saturated heterocycles. The van der Waals surface area contributed by atoms with Gasteiger partial charge in [-0.15, -0.1) is 0 Å². The second kappa shape index (κ2) is 5.89. The molecular formula is C15H13N7O3. The molecule has 0 spiro atoms. The third kappa shape index (κ3) is 2.77. The van der Waals surface area contributed by atoms with E-state index in [4.69, 9.17) is 4.52 Å². The molecule has 0 unspecified atom stereocenters. The molecule has 0 aliphatic carbocycles. The number of amides is 1. The number of aryl methyl sites for hydroxylation is 1. The van der Waals surface area contributed by atoms with Crippen molar-refractivity contribution in [3.8, 4) is 11.5 Å². The van der Waals surface area contributed by atoms with Crippen molar-refractivity contribution in [1.29, 1.82) is 0 Å². The van der Waals surface area contributed by atoms with Crippen molar-refractivity contribution in [1.82, 2.24) is 34.8 Å². The van der Waals surface area contributed by atoms with E-state index in [0.717, 1.165) is 4.68 Å². The van der Waals surface area contributed by atoms with E-state index in [1.165, 1.54) is 19.2 Å². The van der Waals surface area contributed by atoms with Gasteiger partial charge in [-0.1, -0.05) is 5.16 Å². The molecular weight excluding hydrogens is 326 g/mol. The number of rotatable bonds is 3. The fourth-order valence-electron chi connectivity index (χ4n) is 2.50. The molecule has 1 amide bonds. The summed E-state index contributed by atoms with van der Waals surface area (Å²) in [6.07, 6.45) is 4.67. The van der Waals surface area contributed by atoms with Crippen LogP contribution in [0.15, 0.2) is 40.0 Å². The third-order valence-corrected chi connectivity index (χ3v) is 3.93. The van der Waals surface area contributed by atoms with Crippen molar-refractivity contribution in [3.05, 3.63) is 52.7 Å². The van der Waals surface area contributed by atoms with Gasteiger partial charge < -0.3 is 9.42 Å². The maximum absolute atomic E-state index is 12.4. The Morgan fingerprint density at radius 1 is 1.28 bits per heavy atom. The Labute approximate surface area is 141 Å². The molecule has 0 N–H and O–H groups in total. The molecule has 25 heavy (non-hydrogen) atoms. The van der Waals surface area contributed by atoms with Crippen LogP contribution in [0.4, 0.5) is 0 Å². The van der Waals surface area contributed by atoms with Crippen LogP contribution in [-0.2, 0) is 7.05 Å². The summed E-state index contributed by atoms with van der Waals surface area (Å²) in [5.41, 5.74) is 0.492. The molecule has 0 aromatic carbocycles. The lowest BCUT2D eigenvalue weighted by Gasteiger charge is -2.36. The van der Waals surface area contributed by atoms with E-state index in [1.807, 2.05) is 0 Å². The Bertz CT molecular complexity index is 976. The molecule has 10 heteroatoms. The molecule has 0 bridgehead atoms. The van der Waals surface area contributed by atoms with Crippen molar-refractivity contribution < 1.29 is 9.32 Å². The van der Waals surface area contributed by atoms with Gasteiger partial charge in [-0.2, -0.15) is 10.1 Å². The minimum Gasteiger partial charge on any atom is -0.338 e. The van der Waals surface area contributed by atoms with Crippen LogP contribution in [0.3, 0.4) is 0 Å². The fraction of sp³-hybridized carbons (Fsp3) is 0.267. The first kappa shape index (κ1) is 15.1. The van der Waals surface area contributed by atoms with Crippen LogP contribution >= 0.6 is 0 Å². The van der Waals surface area contributed by atoms with E-state index >= 15 is 0 Å². The van der Waals surface area contributed by atoms with E-state index in [0.29, 0.717) is 30.5 Å². The Morgan fingerprint density at radius 3 is 2.84 bits per heavy atom. The summed E-state index contributed by atoms with van der Waals surface area (Å²) in [6, 6.07) is 2.75. The van der Waals surface area contributed by atoms with Crippen LogP contribution in [0.25, 0.3) is 11.5 Å². The highest BCUT2D eigenvalue weighted by Crippen LogP contribution is 2.27. The number of aromatic nitrogens is 6. The predicted octanol–water partition coefficient (Wildman–Crippen LogP) is -0.140. The number of likely N-dealkylation sites (tertiary alicyclic amines) is 1. The molecule has 1 aliphatic rings. The zero-order valence-corrected chi connectivity index (χ0v) is 13.2.